The summed E-state index contributed by atoms with van der Waals surface area (Å²) in [4.78, 5) is 28.8. The molecule has 1 aromatic carbocycles. The number of hydrogen-bond donors (Lipinski definition) is 0. The zero-order valence-electron chi connectivity index (χ0n) is 10.0. The van der Waals surface area contributed by atoms with E-state index in [2.05, 4.69) is 4.98 Å². The van der Waals surface area contributed by atoms with Gasteiger partial charge >= 0.3 is 0 Å². The van der Waals surface area contributed by atoms with Crippen molar-refractivity contribution >= 4 is 17.5 Å². The number of aromatic nitrogens is 1. The topological polar surface area (TPSA) is 74.1 Å². The van der Waals surface area contributed by atoms with Gasteiger partial charge in [-0.3, -0.25) is 14.6 Å². The summed E-state index contributed by atoms with van der Waals surface area (Å²) in [6.45, 7) is 0. The van der Waals surface area contributed by atoms with E-state index in [0.29, 0.717) is 0 Å². The highest BCUT2D eigenvalue weighted by Gasteiger charge is 2.38. The van der Waals surface area contributed by atoms with Crippen LogP contribution in [0.5, 0.6) is 0 Å². The first-order chi connectivity index (χ1) is 9.63. The Morgan fingerprint density at radius 1 is 1.20 bits per heavy atom. The van der Waals surface area contributed by atoms with E-state index in [1.54, 1.807) is 6.07 Å². The molecule has 1 aliphatic heterocycles. The lowest BCUT2D eigenvalue weighted by Gasteiger charge is -2.14. The van der Waals surface area contributed by atoms with Gasteiger partial charge in [0, 0.05) is 6.20 Å². The van der Waals surface area contributed by atoms with E-state index < -0.39 is 17.6 Å². The van der Waals surface area contributed by atoms with Crippen molar-refractivity contribution in [3.63, 3.8) is 0 Å². The second-order valence-corrected chi connectivity index (χ2v) is 4.12. The van der Waals surface area contributed by atoms with Gasteiger partial charge in [-0.1, -0.05) is 0 Å². The quantitative estimate of drug-likeness (QED) is 0.739. The molecule has 20 heavy (non-hydrogen) atoms. The minimum atomic E-state index is -0.807. The van der Waals surface area contributed by atoms with E-state index >= 15 is 0 Å². The molecule has 0 spiro atoms. The maximum Gasteiger partial charge on any atom is 0.284 e. The third-order valence-electron chi connectivity index (χ3n) is 2.96. The highest BCUT2D eigenvalue weighted by Crippen LogP contribution is 2.29. The van der Waals surface area contributed by atoms with Gasteiger partial charge in [0.05, 0.1) is 22.9 Å². The molecule has 0 bridgehead atoms. The van der Waals surface area contributed by atoms with Crippen LogP contribution in [0.4, 0.5) is 10.1 Å². The standard InChI is InChI=1S/C14H6FN3O2/c15-10-6-8(7-16)3-4-11(10)18-13(19)9-2-1-5-17-12(9)14(18)20/h1-6H. The molecule has 0 aliphatic carbocycles. The lowest BCUT2D eigenvalue weighted by atomic mass is 10.2. The average Bonchev–Trinajstić information content (AvgIpc) is 2.72. The molecule has 0 radical (unpaired) electrons. The van der Waals surface area contributed by atoms with Crippen molar-refractivity contribution in [2.45, 2.75) is 0 Å². The second kappa shape index (κ2) is 4.24. The Bertz CT molecular complexity index is 760. The molecule has 0 N–H and O–H groups in total. The number of hydrogen-bond acceptors (Lipinski definition) is 4. The maximum atomic E-state index is 13.9. The van der Waals surface area contributed by atoms with Crippen LogP contribution in [-0.2, 0) is 0 Å². The molecule has 6 heteroatoms. The number of anilines is 1. The molecule has 2 amide bonds. The Labute approximate surface area is 112 Å². The van der Waals surface area contributed by atoms with Gasteiger partial charge in [0.25, 0.3) is 11.8 Å². The van der Waals surface area contributed by atoms with Crippen LogP contribution in [0.1, 0.15) is 26.4 Å². The van der Waals surface area contributed by atoms with E-state index in [4.69, 9.17) is 5.26 Å². The summed E-state index contributed by atoms with van der Waals surface area (Å²) in [5.74, 6) is -2.10. The molecular weight excluding hydrogens is 261 g/mol. The zero-order chi connectivity index (χ0) is 14.3. The van der Waals surface area contributed by atoms with Crippen LogP contribution in [0, 0.1) is 17.1 Å². The van der Waals surface area contributed by atoms with Crippen LogP contribution in [0.2, 0.25) is 0 Å². The molecule has 96 valence electrons. The summed E-state index contributed by atoms with van der Waals surface area (Å²) >= 11 is 0. The average molecular weight is 267 g/mol. The number of halogens is 1. The molecule has 1 aromatic heterocycles. The molecule has 2 aromatic rings. The normalized spacial score (nSPS) is 13.3. The summed E-state index contributed by atoms with van der Waals surface area (Å²) < 4.78 is 13.9. The summed E-state index contributed by atoms with van der Waals surface area (Å²) in [5, 5.41) is 8.69. The molecule has 3 rings (SSSR count). The van der Waals surface area contributed by atoms with Crippen molar-refractivity contribution in [3.8, 4) is 6.07 Å². The summed E-state index contributed by atoms with van der Waals surface area (Å²) in [7, 11) is 0. The van der Waals surface area contributed by atoms with E-state index in [0.717, 1.165) is 11.0 Å². The van der Waals surface area contributed by atoms with Gasteiger partial charge in [0.15, 0.2) is 0 Å². The van der Waals surface area contributed by atoms with Gasteiger partial charge in [-0.05, 0) is 30.3 Å². The number of imide groups is 1. The minimum Gasteiger partial charge on any atom is -0.268 e. The first-order valence-electron chi connectivity index (χ1n) is 5.67. The zero-order valence-corrected chi connectivity index (χ0v) is 10.0. The molecule has 1 aliphatic rings. The van der Waals surface area contributed by atoms with Gasteiger partial charge < -0.3 is 0 Å². The monoisotopic (exact) mass is 267 g/mol. The highest BCUT2D eigenvalue weighted by atomic mass is 19.1. The molecule has 2 heterocycles. The lowest BCUT2D eigenvalue weighted by Crippen LogP contribution is -2.30. The number of pyridine rings is 1. The van der Waals surface area contributed by atoms with Crippen LogP contribution in [-0.4, -0.2) is 16.8 Å². The number of carbonyl (C=O) groups excluding carboxylic acids is 2. The summed E-state index contributed by atoms with van der Waals surface area (Å²) in [6.07, 6.45) is 1.39. The van der Waals surface area contributed by atoms with E-state index in [1.165, 1.54) is 30.5 Å². The first kappa shape index (κ1) is 12.0. The molecule has 0 atom stereocenters. The van der Waals surface area contributed by atoms with Crippen LogP contribution >= 0.6 is 0 Å². The third-order valence-corrected chi connectivity index (χ3v) is 2.96. The van der Waals surface area contributed by atoms with Crippen molar-refractivity contribution in [1.29, 1.82) is 5.26 Å². The van der Waals surface area contributed by atoms with Gasteiger partial charge in [-0.2, -0.15) is 5.26 Å². The summed E-state index contributed by atoms with van der Waals surface area (Å²) in [5.41, 5.74) is 0.0699. The van der Waals surface area contributed by atoms with Crippen molar-refractivity contribution in [3.05, 3.63) is 59.2 Å². The van der Waals surface area contributed by atoms with Crippen LogP contribution in [0.3, 0.4) is 0 Å². The molecule has 0 fully saturated rings. The second-order valence-electron chi connectivity index (χ2n) is 4.12. The van der Waals surface area contributed by atoms with Crippen molar-refractivity contribution in [1.82, 2.24) is 4.98 Å². The molecule has 0 saturated carbocycles. The smallest absolute Gasteiger partial charge is 0.268 e. The van der Waals surface area contributed by atoms with Crippen LogP contribution in [0.15, 0.2) is 36.5 Å². The number of nitrogens with zero attached hydrogens (tertiary/aromatic N) is 3. The highest BCUT2D eigenvalue weighted by molar-refractivity contribution is 6.33. The Kier molecular flexibility index (Phi) is 2.54. The predicted octanol–water partition coefficient (Wildman–Crippen LogP) is 1.89. The van der Waals surface area contributed by atoms with E-state index in [1.807, 2.05) is 0 Å². The maximum absolute atomic E-state index is 13.9. The lowest BCUT2D eigenvalue weighted by molar-refractivity contribution is 0.0923. The number of nitriles is 1. The number of benzene rings is 1. The number of amides is 2. The van der Waals surface area contributed by atoms with Gasteiger partial charge in [-0.15, -0.1) is 0 Å². The van der Waals surface area contributed by atoms with Crippen molar-refractivity contribution in [2.75, 3.05) is 4.90 Å². The molecule has 0 saturated heterocycles. The Morgan fingerprint density at radius 3 is 2.65 bits per heavy atom. The third kappa shape index (κ3) is 1.57. The van der Waals surface area contributed by atoms with Crippen molar-refractivity contribution in [2.24, 2.45) is 0 Å². The number of fused-ring (bicyclic) bond motifs is 1. The number of rotatable bonds is 1. The molecule has 5 nitrogen and oxygen atoms in total. The van der Waals surface area contributed by atoms with E-state index in [-0.39, 0.29) is 22.5 Å². The molecular formula is C14H6FN3O2. The summed E-state index contributed by atoms with van der Waals surface area (Å²) in [6, 6.07) is 8.33. The fourth-order valence-corrected chi connectivity index (χ4v) is 2.04. The Balaban J connectivity index is 2.12. The Hall–Kier alpha value is -3.07. The van der Waals surface area contributed by atoms with Crippen LogP contribution < -0.4 is 4.90 Å². The number of carbonyl (C=O) groups is 2. The van der Waals surface area contributed by atoms with Gasteiger partial charge in [0.2, 0.25) is 0 Å². The van der Waals surface area contributed by atoms with Gasteiger partial charge in [0.1, 0.15) is 11.5 Å². The fraction of sp³-hybridized carbons (Fsp3) is 0. The van der Waals surface area contributed by atoms with Crippen LogP contribution in [0.25, 0.3) is 0 Å². The van der Waals surface area contributed by atoms with Crippen molar-refractivity contribution < 1.29 is 14.0 Å². The molecule has 0 unspecified atom stereocenters. The SMILES string of the molecule is N#Cc1ccc(N2C(=O)c3cccnc3C2=O)c(F)c1. The largest absolute Gasteiger partial charge is 0.284 e. The predicted molar refractivity (Wildman–Crippen MR) is 66.5 cm³/mol. The Morgan fingerprint density at radius 2 is 2.00 bits per heavy atom. The van der Waals surface area contributed by atoms with Gasteiger partial charge in [-0.25, -0.2) is 9.29 Å². The fourth-order valence-electron chi connectivity index (χ4n) is 2.04. The van der Waals surface area contributed by atoms with E-state index in [9.17, 15) is 14.0 Å². The minimum absolute atomic E-state index is 0.00117. The first-order valence-corrected chi connectivity index (χ1v) is 5.67.